The Kier molecular flexibility index (Phi) is 6.90. The van der Waals surface area contributed by atoms with Gasteiger partial charge in [-0.05, 0) is 13.3 Å². The first-order chi connectivity index (χ1) is 6.97. The van der Waals surface area contributed by atoms with E-state index in [1.165, 1.54) is 6.92 Å². The number of hydrogen-bond donors (Lipinski definition) is 2. The second kappa shape index (κ2) is 7.36. The summed E-state index contributed by atoms with van der Waals surface area (Å²) in [5.74, 6) is -1.36. The van der Waals surface area contributed by atoms with E-state index in [2.05, 4.69) is 0 Å². The Hall–Kier alpha value is -0.940. The van der Waals surface area contributed by atoms with Crippen LogP contribution in [0.15, 0.2) is 0 Å². The maximum Gasteiger partial charge on any atom is 0.307 e. The number of ketones is 1. The van der Waals surface area contributed by atoms with Crippen LogP contribution in [0.25, 0.3) is 0 Å². The monoisotopic (exact) mass is 217 g/mol. The molecule has 0 radical (unpaired) electrons. The van der Waals surface area contributed by atoms with Gasteiger partial charge in [0.05, 0.1) is 12.5 Å². The van der Waals surface area contributed by atoms with Gasteiger partial charge in [-0.1, -0.05) is 6.92 Å². The van der Waals surface area contributed by atoms with E-state index in [1.807, 2.05) is 0 Å². The second-order valence-corrected chi connectivity index (χ2v) is 3.75. The number of nitrogens with zero attached hydrogens (tertiary/aromatic N) is 1. The predicted molar refractivity (Wildman–Crippen MR) is 55.6 cm³/mol. The third-order valence-electron chi connectivity index (χ3n) is 2.03. The van der Waals surface area contributed by atoms with Crippen molar-refractivity contribution in [2.24, 2.45) is 5.92 Å². The van der Waals surface area contributed by atoms with Crippen LogP contribution < -0.4 is 0 Å². The van der Waals surface area contributed by atoms with Gasteiger partial charge in [-0.3, -0.25) is 14.5 Å². The highest BCUT2D eigenvalue weighted by Crippen LogP contribution is 2.01. The number of rotatable bonds is 8. The maximum absolute atomic E-state index is 10.9. The maximum atomic E-state index is 10.9. The molecule has 0 heterocycles. The molecule has 0 amide bonds. The second-order valence-electron chi connectivity index (χ2n) is 3.75. The van der Waals surface area contributed by atoms with Gasteiger partial charge >= 0.3 is 5.97 Å². The van der Waals surface area contributed by atoms with Crippen molar-refractivity contribution in [3.8, 4) is 0 Å². The molecule has 0 rings (SSSR count). The van der Waals surface area contributed by atoms with E-state index in [0.29, 0.717) is 19.5 Å². The molecule has 5 heteroatoms. The smallest absolute Gasteiger partial charge is 0.307 e. The lowest BCUT2D eigenvalue weighted by atomic mass is 10.1. The SMILES string of the molecule is CC(=O)CN(CCCO)CC(C)C(=O)O. The Morgan fingerprint density at radius 1 is 1.40 bits per heavy atom. The number of aliphatic carboxylic acids is 1. The number of hydrogen-bond acceptors (Lipinski definition) is 4. The average molecular weight is 217 g/mol. The molecule has 0 bridgehead atoms. The lowest BCUT2D eigenvalue weighted by Crippen LogP contribution is -2.36. The fourth-order valence-corrected chi connectivity index (χ4v) is 1.31. The van der Waals surface area contributed by atoms with Crippen LogP contribution >= 0.6 is 0 Å². The zero-order valence-corrected chi connectivity index (χ0v) is 9.27. The minimum atomic E-state index is -0.868. The fraction of sp³-hybridized carbons (Fsp3) is 0.800. The van der Waals surface area contributed by atoms with Gasteiger partial charge in [-0.25, -0.2) is 0 Å². The van der Waals surface area contributed by atoms with Crippen LogP contribution in [0.2, 0.25) is 0 Å². The normalized spacial score (nSPS) is 12.8. The van der Waals surface area contributed by atoms with Crippen molar-refractivity contribution >= 4 is 11.8 Å². The van der Waals surface area contributed by atoms with Crippen molar-refractivity contribution < 1.29 is 19.8 Å². The Morgan fingerprint density at radius 3 is 2.40 bits per heavy atom. The Balaban J connectivity index is 4.10. The summed E-state index contributed by atoms with van der Waals surface area (Å²) in [7, 11) is 0. The van der Waals surface area contributed by atoms with Gasteiger partial charge in [-0.2, -0.15) is 0 Å². The van der Waals surface area contributed by atoms with E-state index in [0.717, 1.165) is 0 Å². The molecule has 0 aliphatic rings. The Morgan fingerprint density at radius 2 is 2.00 bits per heavy atom. The molecule has 15 heavy (non-hydrogen) atoms. The third-order valence-corrected chi connectivity index (χ3v) is 2.03. The zero-order chi connectivity index (χ0) is 11.8. The fourth-order valence-electron chi connectivity index (χ4n) is 1.31. The van der Waals surface area contributed by atoms with Crippen LogP contribution in [0.4, 0.5) is 0 Å². The van der Waals surface area contributed by atoms with Crippen molar-refractivity contribution in [3.63, 3.8) is 0 Å². The summed E-state index contributed by atoms with van der Waals surface area (Å²) in [6, 6.07) is 0. The van der Waals surface area contributed by atoms with Crippen LogP contribution in [-0.4, -0.2) is 53.1 Å². The molecule has 88 valence electrons. The van der Waals surface area contributed by atoms with Crippen LogP contribution in [0.3, 0.4) is 0 Å². The summed E-state index contributed by atoms with van der Waals surface area (Å²) >= 11 is 0. The first kappa shape index (κ1) is 14.1. The molecule has 2 N–H and O–H groups in total. The van der Waals surface area contributed by atoms with Crippen LogP contribution in [0, 0.1) is 5.92 Å². The van der Waals surface area contributed by atoms with E-state index in [4.69, 9.17) is 10.2 Å². The molecule has 0 aromatic rings. The molecule has 1 unspecified atom stereocenters. The van der Waals surface area contributed by atoms with E-state index < -0.39 is 11.9 Å². The van der Waals surface area contributed by atoms with Crippen LogP contribution in [0.1, 0.15) is 20.3 Å². The highest BCUT2D eigenvalue weighted by Gasteiger charge is 2.16. The molecule has 5 nitrogen and oxygen atoms in total. The molecule has 0 saturated heterocycles. The molecule has 0 spiro atoms. The Labute approximate surface area is 89.7 Å². The summed E-state index contributed by atoms with van der Waals surface area (Å²) in [5.41, 5.74) is 0. The molecule has 0 aromatic heterocycles. The van der Waals surface area contributed by atoms with Gasteiger partial charge in [-0.15, -0.1) is 0 Å². The number of carboxylic acid groups (broad SMARTS) is 1. The van der Waals surface area contributed by atoms with Crippen LogP contribution in [-0.2, 0) is 9.59 Å². The number of carbonyl (C=O) groups is 2. The van der Waals surface area contributed by atoms with E-state index >= 15 is 0 Å². The largest absolute Gasteiger partial charge is 0.481 e. The highest BCUT2D eigenvalue weighted by atomic mass is 16.4. The molecule has 0 aliphatic carbocycles. The molecular formula is C10H19NO4. The molecule has 0 aliphatic heterocycles. The predicted octanol–water partition coefficient (Wildman–Crippen LogP) is -0.0195. The van der Waals surface area contributed by atoms with Gasteiger partial charge in [0.2, 0.25) is 0 Å². The number of aliphatic hydroxyl groups excluding tert-OH is 1. The van der Waals surface area contributed by atoms with Crippen molar-refractivity contribution in [1.82, 2.24) is 4.90 Å². The summed E-state index contributed by atoms with van der Waals surface area (Å²) in [6.45, 7) is 4.27. The third kappa shape index (κ3) is 7.04. The molecule has 0 aromatic carbocycles. The van der Waals surface area contributed by atoms with Gasteiger partial charge in [0, 0.05) is 19.7 Å². The first-order valence-electron chi connectivity index (χ1n) is 5.02. The molecule has 1 atom stereocenters. The van der Waals surface area contributed by atoms with Crippen LogP contribution in [0.5, 0.6) is 0 Å². The number of carboxylic acids is 1. The van der Waals surface area contributed by atoms with E-state index in [1.54, 1.807) is 11.8 Å². The lowest BCUT2D eigenvalue weighted by Gasteiger charge is -2.22. The summed E-state index contributed by atoms with van der Waals surface area (Å²) < 4.78 is 0. The number of aliphatic hydroxyl groups is 1. The topological polar surface area (TPSA) is 77.8 Å². The summed E-state index contributed by atoms with van der Waals surface area (Å²) in [6.07, 6.45) is 0.555. The minimum Gasteiger partial charge on any atom is -0.481 e. The first-order valence-corrected chi connectivity index (χ1v) is 5.02. The number of carbonyl (C=O) groups excluding carboxylic acids is 1. The molecule has 0 fully saturated rings. The van der Waals surface area contributed by atoms with Crippen molar-refractivity contribution in [2.45, 2.75) is 20.3 Å². The molecule has 0 saturated carbocycles. The number of Topliss-reactive ketones (excluding diaryl/α,β-unsaturated/α-hetero) is 1. The van der Waals surface area contributed by atoms with Gasteiger partial charge in [0.25, 0.3) is 0 Å². The van der Waals surface area contributed by atoms with Gasteiger partial charge < -0.3 is 10.2 Å². The Bertz CT molecular complexity index is 217. The quantitative estimate of drug-likeness (QED) is 0.597. The van der Waals surface area contributed by atoms with Crippen molar-refractivity contribution in [2.75, 3.05) is 26.2 Å². The van der Waals surface area contributed by atoms with Crippen molar-refractivity contribution in [1.29, 1.82) is 0 Å². The molecular weight excluding hydrogens is 198 g/mol. The van der Waals surface area contributed by atoms with Gasteiger partial charge in [0.1, 0.15) is 5.78 Å². The summed E-state index contributed by atoms with van der Waals surface area (Å²) in [5, 5.41) is 17.4. The lowest BCUT2D eigenvalue weighted by molar-refractivity contribution is -0.142. The zero-order valence-electron chi connectivity index (χ0n) is 9.27. The highest BCUT2D eigenvalue weighted by molar-refractivity contribution is 5.77. The standard InChI is InChI=1S/C10H19NO4/c1-8(10(14)15)6-11(4-3-5-12)7-9(2)13/h8,12H,3-7H2,1-2H3,(H,14,15). The van der Waals surface area contributed by atoms with E-state index in [-0.39, 0.29) is 18.9 Å². The summed E-state index contributed by atoms with van der Waals surface area (Å²) in [4.78, 5) is 23.3. The van der Waals surface area contributed by atoms with Gasteiger partial charge in [0.15, 0.2) is 0 Å². The van der Waals surface area contributed by atoms with E-state index in [9.17, 15) is 9.59 Å². The van der Waals surface area contributed by atoms with Crippen molar-refractivity contribution in [3.05, 3.63) is 0 Å². The minimum absolute atomic E-state index is 0.00512. The average Bonchev–Trinajstić information content (AvgIpc) is 2.13.